The first-order valence-electron chi connectivity index (χ1n) is 8.25. The SMILES string of the molecule is CC[N+]1(Cc2ccccc2)CCC(c2ccccc2)CC1.[I-]. The average molecular weight is 407 g/mol. The Kier molecular flexibility index (Phi) is 6.45. The Labute approximate surface area is 152 Å². The van der Waals surface area contributed by atoms with Crippen LogP contribution in [0.3, 0.4) is 0 Å². The molecule has 1 aliphatic rings. The number of rotatable bonds is 4. The second-order valence-corrected chi connectivity index (χ2v) is 6.43. The Balaban J connectivity index is 0.00000176. The van der Waals surface area contributed by atoms with Crippen LogP contribution in [0.5, 0.6) is 0 Å². The van der Waals surface area contributed by atoms with E-state index in [0.717, 1.165) is 5.92 Å². The second-order valence-electron chi connectivity index (χ2n) is 6.43. The summed E-state index contributed by atoms with van der Waals surface area (Å²) in [6, 6.07) is 22.1. The summed E-state index contributed by atoms with van der Waals surface area (Å²) in [5.74, 6) is 0.764. The van der Waals surface area contributed by atoms with Crippen LogP contribution in [-0.4, -0.2) is 24.1 Å². The molecule has 0 atom stereocenters. The molecular weight excluding hydrogens is 381 g/mol. The smallest absolute Gasteiger partial charge is 0.104 e. The van der Waals surface area contributed by atoms with Gasteiger partial charge in [0.05, 0.1) is 19.6 Å². The molecule has 1 aliphatic heterocycles. The van der Waals surface area contributed by atoms with Gasteiger partial charge >= 0.3 is 0 Å². The van der Waals surface area contributed by atoms with Crippen LogP contribution in [0.2, 0.25) is 0 Å². The van der Waals surface area contributed by atoms with E-state index < -0.39 is 0 Å². The monoisotopic (exact) mass is 407 g/mol. The summed E-state index contributed by atoms with van der Waals surface area (Å²) in [4.78, 5) is 0. The highest BCUT2D eigenvalue weighted by atomic mass is 127. The fourth-order valence-electron chi connectivity index (χ4n) is 3.73. The lowest BCUT2D eigenvalue weighted by molar-refractivity contribution is -0.944. The highest BCUT2D eigenvalue weighted by Gasteiger charge is 2.33. The van der Waals surface area contributed by atoms with Gasteiger partial charge in [0.15, 0.2) is 0 Å². The van der Waals surface area contributed by atoms with Gasteiger partial charge in [-0.1, -0.05) is 60.7 Å². The average Bonchev–Trinajstić information content (AvgIpc) is 2.57. The minimum atomic E-state index is 0. The van der Waals surface area contributed by atoms with Gasteiger partial charge < -0.3 is 28.5 Å². The highest BCUT2D eigenvalue weighted by molar-refractivity contribution is 5.20. The molecule has 1 fully saturated rings. The second kappa shape index (κ2) is 8.11. The zero-order valence-corrected chi connectivity index (χ0v) is 15.6. The lowest BCUT2D eigenvalue weighted by Gasteiger charge is -2.43. The third-order valence-electron chi connectivity index (χ3n) is 5.21. The topological polar surface area (TPSA) is 0 Å². The molecule has 118 valence electrons. The quantitative estimate of drug-likeness (QED) is 0.534. The zero-order chi connectivity index (χ0) is 14.5. The molecule has 0 bridgehead atoms. The molecule has 0 radical (unpaired) electrons. The molecule has 0 aromatic heterocycles. The first kappa shape index (κ1) is 17.5. The van der Waals surface area contributed by atoms with Crippen LogP contribution in [0.1, 0.15) is 36.8 Å². The van der Waals surface area contributed by atoms with Crippen molar-refractivity contribution in [2.24, 2.45) is 0 Å². The van der Waals surface area contributed by atoms with E-state index in [1.165, 1.54) is 54.6 Å². The van der Waals surface area contributed by atoms with Gasteiger partial charge in [0.1, 0.15) is 6.54 Å². The number of halogens is 1. The van der Waals surface area contributed by atoms with Gasteiger partial charge in [-0.2, -0.15) is 0 Å². The van der Waals surface area contributed by atoms with Crippen molar-refractivity contribution in [3.63, 3.8) is 0 Å². The molecule has 2 aromatic carbocycles. The maximum Gasteiger partial charge on any atom is 0.104 e. The molecule has 2 aromatic rings. The molecule has 0 amide bonds. The Bertz CT molecular complexity index is 544. The number of nitrogens with zero attached hydrogens (tertiary/aromatic N) is 1. The molecule has 0 N–H and O–H groups in total. The van der Waals surface area contributed by atoms with Gasteiger partial charge in [0.25, 0.3) is 0 Å². The van der Waals surface area contributed by atoms with Crippen LogP contribution in [-0.2, 0) is 6.54 Å². The fraction of sp³-hybridized carbons (Fsp3) is 0.400. The van der Waals surface area contributed by atoms with Crippen molar-refractivity contribution < 1.29 is 28.5 Å². The Hall–Kier alpha value is -0.870. The van der Waals surface area contributed by atoms with Crippen LogP contribution in [0.15, 0.2) is 60.7 Å². The predicted molar refractivity (Wildman–Crippen MR) is 89.1 cm³/mol. The molecule has 2 heteroatoms. The van der Waals surface area contributed by atoms with Gasteiger partial charge in [-0.25, -0.2) is 0 Å². The van der Waals surface area contributed by atoms with Crippen LogP contribution < -0.4 is 24.0 Å². The predicted octanol–water partition coefficient (Wildman–Crippen LogP) is 1.60. The van der Waals surface area contributed by atoms with Gasteiger partial charge in [-0.05, 0) is 18.4 Å². The standard InChI is InChI=1S/C20H26N.HI/c1-2-21(17-18-9-5-3-6-10-18)15-13-20(14-16-21)19-11-7-4-8-12-19;/h3-12,20H,2,13-17H2,1H3;1H/q+1;/p-1. The third kappa shape index (κ3) is 4.11. The molecule has 22 heavy (non-hydrogen) atoms. The number of hydrogen-bond acceptors (Lipinski definition) is 0. The third-order valence-corrected chi connectivity index (χ3v) is 5.21. The summed E-state index contributed by atoms with van der Waals surface area (Å²) >= 11 is 0. The minimum Gasteiger partial charge on any atom is -1.00 e. The molecule has 1 saturated heterocycles. The molecule has 0 saturated carbocycles. The van der Waals surface area contributed by atoms with Crippen LogP contribution in [0, 0.1) is 0 Å². The summed E-state index contributed by atoms with van der Waals surface area (Å²) in [5.41, 5.74) is 3.02. The van der Waals surface area contributed by atoms with E-state index in [0.29, 0.717) is 0 Å². The number of likely N-dealkylation sites (tertiary alicyclic amines) is 1. The van der Waals surface area contributed by atoms with E-state index in [4.69, 9.17) is 0 Å². The molecule has 0 spiro atoms. The van der Waals surface area contributed by atoms with E-state index >= 15 is 0 Å². The van der Waals surface area contributed by atoms with Gasteiger partial charge in [-0.15, -0.1) is 0 Å². The van der Waals surface area contributed by atoms with Crippen molar-refractivity contribution in [3.05, 3.63) is 71.8 Å². The summed E-state index contributed by atoms with van der Waals surface area (Å²) in [6.45, 7) is 7.41. The Morgan fingerprint density at radius 1 is 0.864 bits per heavy atom. The molecule has 0 unspecified atom stereocenters. The van der Waals surface area contributed by atoms with Crippen LogP contribution >= 0.6 is 0 Å². The van der Waals surface area contributed by atoms with E-state index in [2.05, 4.69) is 67.6 Å². The maximum absolute atomic E-state index is 2.35. The minimum absolute atomic E-state index is 0. The van der Waals surface area contributed by atoms with Crippen molar-refractivity contribution >= 4 is 0 Å². The molecule has 1 heterocycles. The normalized spacial score (nSPS) is 24.5. The number of hydrogen-bond donors (Lipinski definition) is 0. The molecule has 3 rings (SSSR count). The summed E-state index contributed by atoms with van der Waals surface area (Å²) in [5, 5.41) is 0. The highest BCUT2D eigenvalue weighted by Crippen LogP contribution is 2.32. The summed E-state index contributed by atoms with van der Waals surface area (Å²) < 4.78 is 1.26. The molecular formula is C20H26IN. The van der Waals surface area contributed by atoms with E-state index in [1.54, 1.807) is 0 Å². The first-order chi connectivity index (χ1) is 10.3. The lowest BCUT2D eigenvalue weighted by atomic mass is 9.88. The van der Waals surface area contributed by atoms with Crippen molar-refractivity contribution in [3.8, 4) is 0 Å². The van der Waals surface area contributed by atoms with Gasteiger partial charge in [0.2, 0.25) is 0 Å². The zero-order valence-electron chi connectivity index (χ0n) is 13.4. The Morgan fingerprint density at radius 3 is 1.95 bits per heavy atom. The van der Waals surface area contributed by atoms with Crippen molar-refractivity contribution in [1.82, 2.24) is 0 Å². The number of piperidine rings is 1. The summed E-state index contributed by atoms with van der Waals surface area (Å²) in [6.07, 6.45) is 2.65. The summed E-state index contributed by atoms with van der Waals surface area (Å²) in [7, 11) is 0. The largest absolute Gasteiger partial charge is 1.00 e. The van der Waals surface area contributed by atoms with Crippen molar-refractivity contribution in [2.45, 2.75) is 32.2 Å². The van der Waals surface area contributed by atoms with Crippen LogP contribution in [0.4, 0.5) is 0 Å². The fourth-order valence-corrected chi connectivity index (χ4v) is 3.73. The van der Waals surface area contributed by atoms with Crippen molar-refractivity contribution in [1.29, 1.82) is 0 Å². The Morgan fingerprint density at radius 2 is 1.41 bits per heavy atom. The van der Waals surface area contributed by atoms with Crippen LogP contribution in [0.25, 0.3) is 0 Å². The number of quaternary nitrogens is 1. The molecule has 0 aliphatic carbocycles. The van der Waals surface area contributed by atoms with Crippen molar-refractivity contribution in [2.75, 3.05) is 19.6 Å². The maximum atomic E-state index is 2.35. The van der Waals surface area contributed by atoms with E-state index in [1.807, 2.05) is 0 Å². The van der Waals surface area contributed by atoms with E-state index in [-0.39, 0.29) is 24.0 Å². The van der Waals surface area contributed by atoms with Gasteiger partial charge in [0, 0.05) is 18.4 Å². The van der Waals surface area contributed by atoms with Gasteiger partial charge in [-0.3, -0.25) is 0 Å². The lowest BCUT2D eigenvalue weighted by Crippen LogP contribution is -3.00. The number of benzene rings is 2. The molecule has 1 nitrogen and oxygen atoms in total. The van der Waals surface area contributed by atoms with E-state index in [9.17, 15) is 0 Å². The first-order valence-corrected chi connectivity index (χ1v) is 8.25.